The molecule has 0 unspecified atom stereocenters. The van der Waals surface area contributed by atoms with E-state index in [1.165, 1.54) is 0 Å². The van der Waals surface area contributed by atoms with Crippen LogP contribution in [0.2, 0.25) is 0 Å². The van der Waals surface area contributed by atoms with E-state index in [2.05, 4.69) is 15.3 Å². The van der Waals surface area contributed by atoms with Gasteiger partial charge in [0.15, 0.2) is 0 Å². The van der Waals surface area contributed by atoms with Crippen molar-refractivity contribution in [3.8, 4) is 0 Å². The van der Waals surface area contributed by atoms with Crippen LogP contribution in [-0.2, 0) is 14.1 Å². The summed E-state index contributed by atoms with van der Waals surface area (Å²) < 4.78 is 12.0. The maximum absolute atomic E-state index is 11.4. The summed E-state index contributed by atoms with van der Waals surface area (Å²) in [6.45, 7) is 11.1. The molecule has 130 valence electrons. The number of hydrogen-bond donors (Lipinski definition) is 1. The molecule has 2 aliphatic rings. The first-order valence-electron chi connectivity index (χ1n) is 8.37. The van der Waals surface area contributed by atoms with E-state index in [1.54, 1.807) is 19.3 Å². The van der Waals surface area contributed by atoms with Crippen molar-refractivity contribution in [3.05, 3.63) is 12.4 Å². The number of rotatable bonds is 3. The molecule has 1 aromatic rings. The average Bonchev–Trinajstić information content (AvgIpc) is 3.03. The number of hydrogen-bond acceptors (Lipinski definition) is 6. The summed E-state index contributed by atoms with van der Waals surface area (Å²) in [5.74, 6) is 0.669. The lowest BCUT2D eigenvalue weighted by Gasteiger charge is -2.32. The quantitative estimate of drug-likeness (QED) is 0.826. The van der Waals surface area contributed by atoms with Crippen LogP contribution in [0.1, 0.15) is 41.0 Å². The second kappa shape index (κ2) is 6.00. The van der Waals surface area contributed by atoms with Gasteiger partial charge in [0.25, 0.3) is 0 Å². The van der Waals surface area contributed by atoms with Crippen LogP contribution in [0.25, 0.3) is 0 Å². The van der Waals surface area contributed by atoms with Gasteiger partial charge in [-0.15, -0.1) is 0 Å². The monoisotopic (exact) mass is 332 g/mol. The van der Waals surface area contributed by atoms with Crippen molar-refractivity contribution < 1.29 is 14.1 Å². The fourth-order valence-corrected chi connectivity index (χ4v) is 2.86. The summed E-state index contributed by atoms with van der Waals surface area (Å²) >= 11 is 0. The van der Waals surface area contributed by atoms with Gasteiger partial charge >= 0.3 is 7.12 Å². The molecule has 1 amide bonds. The van der Waals surface area contributed by atoms with E-state index >= 15 is 0 Å². The van der Waals surface area contributed by atoms with Gasteiger partial charge in [0.1, 0.15) is 0 Å². The van der Waals surface area contributed by atoms with Crippen LogP contribution in [0.5, 0.6) is 0 Å². The topological polar surface area (TPSA) is 76.6 Å². The number of carbonyl (C=O) groups excluding carboxylic acids is 1. The third kappa shape index (κ3) is 3.25. The summed E-state index contributed by atoms with van der Waals surface area (Å²) in [5.41, 5.74) is 0.0411. The molecule has 0 aromatic carbocycles. The Morgan fingerprint density at radius 1 is 1.25 bits per heavy atom. The third-order valence-corrected chi connectivity index (χ3v) is 5.16. The molecular weight excluding hydrogens is 307 g/mol. The van der Waals surface area contributed by atoms with Gasteiger partial charge in [-0.05, 0) is 34.1 Å². The van der Waals surface area contributed by atoms with Crippen LogP contribution in [-0.4, -0.2) is 58.2 Å². The highest BCUT2D eigenvalue weighted by Gasteiger charge is 2.51. The smallest absolute Gasteiger partial charge is 0.399 e. The van der Waals surface area contributed by atoms with E-state index in [-0.39, 0.29) is 23.2 Å². The first kappa shape index (κ1) is 17.2. The highest BCUT2D eigenvalue weighted by molar-refractivity contribution is 6.61. The Bertz CT molecular complexity index is 604. The van der Waals surface area contributed by atoms with E-state index in [0.29, 0.717) is 12.5 Å². The second-order valence-corrected chi connectivity index (χ2v) is 7.52. The minimum Gasteiger partial charge on any atom is -0.399 e. The van der Waals surface area contributed by atoms with Gasteiger partial charge in [-0.25, -0.2) is 9.97 Å². The van der Waals surface area contributed by atoms with Gasteiger partial charge in [0, 0.05) is 43.9 Å². The van der Waals surface area contributed by atoms with Crippen molar-refractivity contribution >= 4 is 24.4 Å². The van der Waals surface area contributed by atoms with E-state index in [0.717, 1.165) is 18.4 Å². The maximum atomic E-state index is 11.4. The Labute approximate surface area is 143 Å². The van der Waals surface area contributed by atoms with Crippen LogP contribution in [0.15, 0.2) is 12.4 Å². The number of aromatic nitrogens is 2. The zero-order chi connectivity index (χ0) is 17.5. The molecule has 3 heterocycles. The van der Waals surface area contributed by atoms with E-state index in [4.69, 9.17) is 9.31 Å². The molecule has 1 aromatic heterocycles. The van der Waals surface area contributed by atoms with Gasteiger partial charge in [0.2, 0.25) is 11.9 Å². The van der Waals surface area contributed by atoms with Crippen molar-refractivity contribution in [3.63, 3.8) is 0 Å². The van der Waals surface area contributed by atoms with Crippen LogP contribution in [0, 0.1) is 0 Å². The highest BCUT2D eigenvalue weighted by Crippen LogP contribution is 2.36. The van der Waals surface area contributed by atoms with Gasteiger partial charge in [-0.1, -0.05) is 0 Å². The van der Waals surface area contributed by atoms with Crippen LogP contribution >= 0.6 is 0 Å². The first-order valence-corrected chi connectivity index (χ1v) is 8.37. The molecule has 3 rings (SSSR count). The fraction of sp³-hybridized carbons (Fsp3) is 0.688. The van der Waals surface area contributed by atoms with E-state index < -0.39 is 7.12 Å². The highest BCUT2D eigenvalue weighted by atomic mass is 16.7. The summed E-state index contributed by atoms with van der Waals surface area (Å²) in [7, 11) is -0.455. The first-order chi connectivity index (χ1) is 11.2. The Kier molecular flexibility index (Phi) is 4.29. The standard InChI is InChI=1S/C16H25BN4O3/c1-11(22)21-7-6-13(10-21)20-14-18-8-12(9-19-14)17-23-15(2,3)16(4,5)24-17/h8-9,13H,6-7,10H2,1-5H3,(H,18,19,20)/t13-/m0/s1. The fourth-order valence-electron chi connectivity index (χ4n) is 2.86. The summed E-state index contributed by atoms with van der Waals surface area (Å²) in [5, 5.41) is 3.28. The molecular formula is C16H25BN4O3. The molecule has 0 saturated carbocycles. The maximum Gasteiger partial charge on any atom is 0.498 e. The van der Waals surface area contributed by atoms with Crippen molar-refractivity contribution in [1.82, 2.24) is 14.9 Å². The molecule has 24 heavy (non-hydrogen) atoms. The lowest BCUT2D eigenvalue weighted by atomic mass is 9.81. The SMILES string of the molecule is CC(=O)N1CC[C@H](Nc2ncc(B3OC(C)(C)C(C)(C)O3)cn2)C1. The molecule has 0 aliphatic carbocycles. The third-order valence-electron chi connectivity index (χ3n) is 5.16. The molecule has 1 N–H and O–H groups in total. The molecule has 7 nitrogen and oxygen atoms in total. The summed E-state index contributed by atoms with van der Waals surface area (Å²) in [6.07, 6.45) is 4.37. The van der Waals surface area contributed by atoms with E-state index in [1.807, 2.05) is 32.6 Å². The lowest BCUT2D eigenvalue weighted by molar-refractivity contribution is -0.127. The molecule has 2 aliphatic heterocycles. The Hall–Kier alpha value is -1.67. The predicted octanol–water partition coefficient (Wildman–Crippen LogP) is 0.808. The Morgan fingerprint density at radius 2 is 1.83 bits per heavy atom. The van der Waals surface area contributed by atoms with Gasteiger partial charge in [0.05, 0.1) is 11.2 Å². The zero-order valence-corrected chi connectivity index (χ0v) is 15.0. The van der Waals surface area contributed by atoms with Gasteiger partial charge in [-0.2, -0.15) is 0 Å². The molecule has 0 spiro atoms. The average molecular weight is 332 g/mol. The summed E-state index contributed by atoms with van der Waals surface area (Å²) in [4.78, 5) is 21.9. The van der Waals surface area contributed by atoms with Crippen LogP contribution in [0.3, 0.4) is 0 Å². The summed E-state index contributed by atoms with van der Waals surface area (Å²) in [6, 6.07) is 0.191. The van der Waals surface area contributed by atoms with Crippen molar-refractivity contribution in [2.24, 2.45) is 0 Å². The number of carbonyl (C=O) groups is 1. The number of nitrogens with zero attached hydrogens (tertiary/aromatic N) is 3. The zero-order valence-electron chi connectivity index (χ0n) is 15.0. The second-order valence-electron chi connectivity index (χ2n) is 7.52. The largest absolute Gasteiger partial charge is 0.498 e. The van der Waals surface area contributed by atoms with Crippen molar-refractivity contribution in [1.29, 1.82) is 0 Å². The molecule has 1 atom stereocenters. The Balaban J connectivity index is 1.62. The molecule has 8 heteroatoms. The van der Waals surface area contributed by atoms with Crippen LogP contribution in [0.4, 0.5) is 5.95 Å². The van der Waals surface area contributed by atoms with Crippen LogP contribution < -0.4 is 10.8 Å². The lowest BCUT2D eigenvalue weighted by Crippen LogP contribution is -2.41. The normalized spacial score (nSPS) is 25.1. The number of likely N-dealkylation sites (tertiary alicyclic amines) is 1. The van der Waals surface area contributed by atoms with Crippen molar-refractivity contribution in [2.45, 2.75) is 58.3 Å². The minimum atomic E-state index is -0.455. The van der Waals surface area contributed by atoms with Gasteiger partial charge < -0.3 is 19.5 Å². The molecule has 2 fully saturated rings. The van der Waals surface area contributed by atoms with Crippen molar-refractivity contribution in [2.75, 3.05) is 18.4 Å². The number of nitrogens with one attached hydrogen (secondary N) is 1. The van der Waals surface area contributed by atoms with E-state index in [9.17, 15) is 4.79 Å². The molecule has 0 radical (unpaired) electrons. The molecule has 0 bridgehead atoms. The number of amides is 1. The Morgan fingerprint density at radius 3 is 2.33 bits per heavy atom. The predicted molar refractivity (Wildman–Crippen MR) is 92.0 cm³/mol. The number of anilines is 1. The van der Waals surface area contributed by atoms with Gasteiger partial charge in [-0.3, -0.25) is 4.79 Å². The minimum absolute atomic E-state index is 0.108. The molecule has 2 saturated heterocycles.